The molecule has 0 amide bonds. The van der Waals surface area contributed by atoms with Crippen molar-refractivity contribution in [1.29, 1.82) is 0 Å². The standard InChI is InChI=1S/C28H46N2/c1-3-4-5-6-7-8-9-10-11-12-13-14-15-16-17-20-23-30-25(2)24-27(29)26-21-18-19-22-28(26)30/h18-19,21-22,24,29H,3-17,20,23H2,1-2H3/p+1. The Hall–Kier alpha value is -1.57. The van der Waals surface area contributed by atoms with Crippen LogP contribution in [-0.4, -0.2) is 0 Å². The van der Waals surface area contributed by atoms with Crippen LogP contribution in [0.5, 0.6) is 0 Å². The minimum absolute atomic E-state index is 0.895. The molecule has 2 rings (SSSR count). The Bertz CT molecular complexity index is 707. The molecule has 0 unspecified atom stereocenters. The molecule has 0 fully saturated rings. The maximum absolute atomic E-state index is 6.20. The number of unbranched alkanes of at least 4 members (excludes halogenated alkanes) is 15. The van der Waals surface area contributed by atoms with E-state index in [1.807, 2.05) is 0 Å². The number of aryl methyl sites for hydroxylation is 2. The lowest BCUT2D eigenvalue weighted by Crippen LogP contribution is -2.38. The van der Waals surface area contributed by atoms with Gasteiger partial charge < -0.3 is 5.73 Å². The maximum atomic E-state index is 6.20. The van der Waals surface area contributed by atoms with Crippen LogP contribution in [0, 0.1) is 6.92 Å². The normalized spacial score (nSPS) is 11.4. The molecular weight excluding hydrogens is 364 g/mol. The van der Waals surface area contributed by atoms with Gasteiger partial charge in [0.2, 0.25) is 5.52 Å². The van der Waals surface area contributed by atoms with E-state index in [9.17, 15) is 0 Å². The molecule has 0 atom stereocenters. The van der Waals surface area contributed by atoms with E-state index in [-0.39, 0.29) is 0 Å². The predicted octanol–water partition coefficient (Wildman–Crippen LogP) is 8.28. The molecule has 0 saturated heterocycles. The number of benzene rings is 1. The van der Waals surface area contributed by atoms with Crippen molar-refractivity contribution >= 4 is 16.6 Å². The van der Waals surface area contributed by atoms with Crippen LogP contribution in [0.25, 0.3) is 10.9 Å². The van der Waals surface area contributed by atoms with Gasteiger partial charge >= 0.3 is 0 Å². The molecule has 2 nitrogen and oxygen atoms in total. The first-order chi connectivity index (χ1) is 14.7. The Morgan fingerprint density at radius 1 is 0.667 bits per heavy atom. The summed E-state index contributed by atoms with van der Waals surface area (Å²) < 4.78 is 2.44. The zero-order valence-corrected chi connectivity index (χ0v) is 19.9. The van der Waals surface area contributed by atoms with E-state index in [4.69, 9.17) is 5.73 Å². The summed E-state index contributed by atoms with van der Waals surface area (Å²) in [5.74, 6) is 0. The monoisotopic (exact) mass is 411 g/mol. The van der Waals surface area contributed by atoms with E-state index >= 15 is 0 Å². The summed E-state index contributed by atoms with van der Waals surface area (Å²) in [5, 5.41) is 1.18. The van der Waals surface area contributed by atoms with Gasteiger partial charge in [0.1, 0.15) is 6.54 Å². The summed E-state index contributed by atoms with van der Waals surface area (Å²) in [6.45, 7) is 5.57. The van der Waals surface area contributed by atoms with Crippen LogP contribution in [0.3, 0.4) is 0 Å². The van der Waals surface area contributed by atoms with Gasteiger partial charge in [0, 0.05) is 25.5 Å². The minimum atomic E-state index is 0.895. The molecule has 0 aliphatic carbocycles. The number of rotatable bonds is 17. The number of hydrogen-bond acceptors (Lipinski definition) is 1. The highest BCUT2D eigenvalue weighted by atomic mass is 15.0. The fraction of sp³-hybridized carbons (Fsp3) is 0.679. The lowest BCUT2D eigenvalue weighted by Gasteiger charge is -2.07. The van der Waals surface area contributed by atoms with Crippen molar-refractivity contribution in [2.24, 2.45) is 0 Å². The van der Waals surface area contributed by atoms with Crippen molar-refractivity contribution in [2.45, 2.75) is 123 Å². The lowest BCUT2D eigenvalue weighted by atomic mass is 10.0. The van der Waals surface area contributed by atoms with Crippen molar-refractivity contribution in [3.05, 3.63) is 36.0 Å². The topological polar surface area (TPSA) is 29.9 Å². The Balaban J connectivity index is 1.46. The van der Waals surface area contributed by atoms with Crippen molar-refractivity contribution in [1.82, 2.24) is 0 Å². The molecule has 0 spiro atoms. The first kappa shape index (κ1) is 24.7. The van der Waals surface area contributed by atoms with E-state index in [1.54, 1.807) is 0 Å². The van der Waals surface area contributed by atoms with Crippen molar-refractivity contribution < 1.29 is 4.57 Å². The van der Waals surface area contributed by atoms with Gasteiger partial charge in [-0.15, -0.1) is 0 Å². The van der Waals surface area contributed by atoms with E-state index < -0.39 is 0 Å². The molecular formula is C28H47N2+. The molecule has 2 heteroatoms. The molecule has 0 aliphatic rings. The summed E-state index contributed by atoms with van der Waals surface area (Å²) in [6, 6.07) is 10.6. The second-order valence-corrected chi connectivity index (χ2v) is 9.21. The number of nitrogen functional groups attached to an aromatic ring is 1. The Labute approximate surface area is 186 Å². The highest BCUT2D eigenvalue weighted by Crippen LogP contribution is 2.19. The molecule has 0 aliphatic heterocycles. The van der Waals surface area contributed by atoms with Crippen LogP contribution >= 0.6 is 0 Å². The number of para-hydroxylation sites is 1. The predicted molar refractivity (Wildman–Crippen MR) is 133 cm³/mol. The second-order valence-electron chi connectivity index (χ2n) is 9.21. The number of nitrogens with two attached hydrogens (primary N) is 1. The van der Waals surface area contributed by atoms with Crippen LogP contribution < -0.4 is 10.3 Å². The summed E-state index contributed by atoms with van der Waals surface area (Å²) >= 11 is 0. The summed E-state index contributed by atoms with van der Waals surface area (Å²) in [6.07, 6.45) is 22.7. The number of pyridine rings is 1. The third-order valence-corrected chi connectivity index (χ3v) is 6.53. The largest absolute Gasteiger partial charge is 0.398 e. The fourth-order valence-electron chi connectivity index (χ4n) is 4.64. The average Bonchev–Trinajstić information content (AvgIpc) is 2.75. The highest BCUT2D eigenvalue weighted by Gasteiger charge is 2.14. The van der Waals surface area contributed by atoms with E-state index in [0.29, 0.717) is 0 Å². The highest BCUT2D eigenvalue weighted by molar-refractivity contribution is 5.87. The summed E-state index contributed by atoms with van der Waals surface area (Å²) in [4.78, 5) is 0. The van der Waals surface area contributed by atoms with Crippen molar-refractivity contribution in [3.63, 3.8) is 0 Å². The van der Waals surface area contributed by atoms with Crippen LogP contribution in [0.1, 0.15) is 115 Å². The Morgan fingerprint density at radius 3 is 1.67 bits per heavy atom. The SMILES string of the molecule is CCCCCCCCCCCCCCCCCC[n+]1c(C)cc(N)c2ccccc21. The molecule has 2 N–H and O–H groups in total. The molecule has 0 bridgehead atoms. The number of hydrogen-bond donors (Lipinski definition) is 1. The molecule has 0 saturated carbocycles. The number of nitrogens with zero attached hydrogens (tertiary/aromatic N) is 1. The van der Waals surface area contributed by atoms with Gasteiger partial charge in [0.25, 0.3) is 0 Å². The van der Waals surface area contributed by atoms with E-state index in [0.717, 1.165) is 12.2 Å². The first-order valence-corrected chi connectivity index (χ1v) is 12.9. The molecule has 30 heavy (non-hydrogen) atoms. The third kappa shape index (κ3) is 9.06. The quantitative estimate of drug-likeness (QED) is 0.206. The number of anilines is 1. The van der Waals surface area contributed by atoms with Crippen LogP contribution in [0.15, 0.2) is 30.3 Å². The minimum Gasteiger partial charge on any atom is -0.398 e. The van der Waals surface area contributed by atoms with Crippen LogP contribution in [-0.2, 0) is 6.54 Å². The summed E-state index contributed by atoms with van der Waals surface area (Å²) in [7, 11) is 0. The molecule has 168 valence electrons. The van der Waals surface area contributed by atoms with Gasteiger partial charge in [-0.2, -0.15) is 4.57 Å². The third-order valence-electron chi connectivity index (χ3n) is 6.53. The molecule has 1 heterocycles. The average molecular weight is 412 g/mol. The smallest absolute Gasteiger partial charge is 0.214 e. The fourth-order valence-corrected chi connectivity index (χ4v) is 4.64. The first-order valence-electron chi connectivity index (χ1n) is 12.9. The van der Waals surface area contributed by atoms with Crippen LogP contribution in [0.4, 0.5) is 5.69 Å². The molecule has 1 aromatic carbocycles. The van der Waals surface area contributed by atoms with Gasteiger partial charge in [0.05, 0.1) is 11.1 Å². The van der Waals surface area contributed by atoms with Crippen LogP contribution in [0.2, 0.25) is 0 Å². The number of fused-ring (bicyclic) bond motifs is 1. The summed E-state index contributed by atoms with van der Waals surface area (Å²) in [5.41, 5.74) is 9.64. The van der Waals surface area contributed by atoms with Gasteiger partial charge in [-0.05, 0) is 12.5 Å². The van der Waals surface area contributed by atoms with Crippen molar-refractivity contribution in [2.75, 3.05) is 5.73 Å². The van der Waals surface area contributed by atoms with Gasteiger partial charge in [-0.3, -0.25) is 0 Å². The van der Waals surface area contributed by atoms with Gasteiger partial charge in [0.15, 0.2) is 5.69 Å². The van der Waals surface area contributed by atoms with Crippen molar-refractivity contribution in [3.8, 4) is 0 Å². The molecule has 0 radical (unpaired) electrons. The van der Waals surface area contributed by atoms with E-state index in [2.05, 4.69) is 48.7 Å². The second kappa shape index (κ2) is 15.3. The molecule has 1 aromatic heterocycles. The zero-order chi connectivity index (χ0) is 21.4. The van der Waals surface area contributed by atoms with Gasteiger partial charge in [-0.1, -0.05) is 109 Å². The van der Waals surface area contributed by atoms with E-state index in [1.165, 1.54) is 119 Å². The molecule has 2 aromatic rings. The zero-order valence-electron chi connectivity index (χ0n) is 19.9. The Kier molecular flexibility index (Phi) is 12.6. The lowest BCUT2D eigenvalue weighted by molar-refractivity contribution is -0.677. The number of aromatic nitrogens is 1. The van der Waals surface area contributed by atoms with Gasteiger partial charge in [-0.25, -0.2) is 0 Å². The maximum Gasteiger partial charge on any atom is 0.214 e. The Morgan fingerprint density at radius 2 is 1.13 bits per heavy atom.